The minimum atomic E-state index is -2.19. The molecule has 246 valence electrons. The average Bonchev–Trinajstić information content (AvgIpc) is 2.95. The molecule has 0 spiro atoms. The van der Waals surface area contributed by atoms with Crippen LogP contribution in [0.15, 0.2) is 72.9 Å². The van der Waals surface area contributed by atoms with Gasteiger partial charge in [0.1, 0.15) is 0 Å². The van der Waals surface area contributed by atoms with Crippen molar-refractivity contribution in [3.63, 3.8) is 0 Å². The molecule has 0 amide bonds. The number of aliphatic carboxylic acids is 2. The van der Waals surface area contributed by atoms with Gasteiger partial charge in [-0.2, -0.15) is 0 Å². The Morgan fingerprint density at radius 3 is 1.35 bits per heavy atom. The van der Waals surface area contributed by atoms with Gasteiger partial charge in [-0.3, -0.25) is 4.79 Å². The van der Waals surface area contributed by atoms with Crippen LogP contribution in [0.3, 0.4) is 0 Å². The third-order valence-electron chi connectivity index (χ3n) is 5.50. The average molecular weight is 849 g/mol. The molecule has 11 heteroatoms. The molecule has 2 atom stereocenters. The molecule has 1 rings (SSSR count). The molecule has 0 aromatic rings. The summed E-state index contributed by atoms with van der Waals surface area (Å²) in [6, 6.07) is 0.562. The molecule has 0 aromatic heterocycles. The Labute approximate surface area is 282 Å². The molecule has 9 nitrogen and oxygen atoms in total. The number of hydrogen-bond acceptors (Lipinski definition) is 9. The number of carboxylic acid groups (broad SMARTS) is 2. The van der Waals surface area contributed by atoms with E-state index in [1.54, 1.807) is 0 Å². The third kappa shape index (κ3) is 39.9. The van der Waals surface area contributed by atoms with Crippen LogP contribution < -0.4 is 43.8 Å². The molecule has 0 radical (unpaired) electrons. The van der Waals surface area contributed by atoms with Crippen LogP contribution in [0.25, 0.3) is 0 Å². The maximum Gasteiger partial charge on any atom is 4.00 e. The summed E-state index contributed by atoms with van der Waals surface area (Å²) in [6.45, 7) is 1.75. The molecule has 0 bridgehead atoms. The number of hydrogen-bond donors (Lipinski definition) is 2. The quantitative estimate of drug-likeness (QED) is 0.113. The van der Waals surface area contributed by atoms with Crippen molar-refractivity contribution in [3.05, 3.63) is 72.9 Å². The molecule has 0 saturated heterocycles. The Bertz CT molecular complexity index is 837. The van der Waals surface area contributed by atoms with Gasteiger partial charge in [-0.1, -0.05) is 92.7 Å². The zero-order valence-electron chi connectivity index (χ0n) is 25.2. The predicted octanol–water partition coefficient (Wildman–Crippen LogP) is -0.929. The van der Waals surface area contributed by atoms with E-state index in [0.717, 1.165) is 51.4 Å². The van der Waals surface area contributed by atoms with Gasteiger partial charge in [-0.15, -0.1) is 6.61 Å². The minimum absolute atomic E-state index is 0. The van der Waals surface area contributed by atoms with E-state index in [4.69, 9.17) is 36.0 Å². The van der Waals surface area contributed by atoms with Gasteiger partial charge in [0.2, 0.25) is 0 Å². The standard InChI is InChI=1S/C24H35O3.C6H14N2.C2H2O4.BrH.Pt/c1-2-3-4-5-6-7-8-9-10-11-12-13-14-15-16-17-18-19-20-21-24(26)27-23-22-25;7-5-3-1-2-4-6(5)8;3-1(4)2(5)6;;/h3-4,6-7,9-10,12-13,15-16,18-19H,2,5,8,11,14,17,20-23H2,1H3;5-6H,1-4,7-8H2;(H,3,4)(H,5,6);1H;/q-1;;;;+4/p-3/b4-3-,7-6-,10-9-,13-12-,16-15-,19-18-;;;;/t;5-,6-;;;/m.1.../s1. The summed E-state index contributed by atoms with van der Waals surface area (Å²) in [7, 11) is 0. The zero-order valence-corrected chi connectivity index (χ0v) is 29.0. The smallest absolute Gasteiger partial charge is 1.00 e. The van der Waals surface area contributed by atoms with Gasteiger partial charge < -0.3 is 58.1 Å². The number of esters is 1. The van der Waals surface area contributed by atoms with Crippen LogP contribution in [0, 0.1) is 0 Å². The number of halogens is 1. The Morgan fingerprint density at radius 2 is 1.05 bits per heavy atom. The number of nitrogens with two attached hydrogens (primary N) is 2. The first-order chi connectivity index (χ1) is 19.8. The minimum Gasteiger partial charge on any atom is -1.00 e. The Hall–Kier alpha value is -2.10. The van der Waals surface area contributed by atoms with E-state index in [2.05, 4.69) is 67.7 Å². The Kier molecular flexibility index (Phi) is 42.2. The van der Waals surface area contributed by atoms with Gasteiger partial charge in [0.15, 0.2) is 0 Å². The normalized spacial score (nSPS) is 16.5. The molecule has 0 heterocycles. The molecule has 4 N–H and O–H groups in total. The molecule has 0 aliphatic heterocycles. The fourth-order valence-electron chi connectivity index (χ4n) is 3.26. The van der Waals surface area contributed by atoms with Crippen molar-refractivity contribution in [2.75, 3.05) is 13.2 Å². The van der Waals surface area contributed by atoms with E-state index >= 15 is 0 Å². The van der Waals surface area contributed by atoms with E-state index in [1.165, 1.54) is 12.8 Å². The summed E-state index contributed by atoms with van der Waals surface area (Å²) in [5.41, 5.74) is 11.3. The van der Waals surface area contributed by atoms with E-state index in [1.807, 2.05) is 12.2 Å². The summed E-state index contributed by atoms with van der Waals surface area (Å²) in [6.07, 6.45) is 37.5. The van der Waals surface area contributed by atoms with Crippen LogP contribution in [-0.2, 0) is 40.2 Å². The molecule has 0 aromatic carbocycles. The van der Waals surface area contributed by atoms with Crippen LogP contribution in [0.1, 0.15) is 84.0 Å². The first-order valence-corrected chi connectivity index (χ1v) is 14.3. The second kappa shape index (κ2) is 37.9. The number of ether oxygens (including phenoxy) is 1. The molecule has 1 fully saturated rings. The van der Waals surface area contributed by atoms with Crippen molar-refractivity contribution >= 4 is 17.9 Å². The van der Waals surface area contributed by atoms with Gasteiger partial charge in [0.05, 0.1) is 18.5 Å². The van der Waals surface area contributed by atoms with Gasteiger partial charge in [-0.05, 0) is 57.8 Å². The van der Waals surface area contributed by atoms with Crippen molar-refractivity contribution in [2.45, 2.75) is 96.1 Å². The maximum atomic E-state index is 11.2. The fraction of sp³-hybridized carbons (Fsp3) is 0.531. The number of carbonyl (C=O) groups excluding carboxylic acids is 3. The third-order valence-corrected chi connectivity index (χ3v) is 5.50. The molecule has 0 unspecified atom stereocenters. The van der Waals surface area contributed by atoms with E-state index in [9.17, 15) is 9.90 Å². The van der Waals surface area contributed by atoms with Crippen LogP contribution in [-0.4, -0.2) is 43.2 Å². The summed E-state index contributed by atoms with van der Waals surface area (Å²) >= 11 is 0. The molecule has 1 aliphatic rings. The summed E-state index contributed by atoms with van der Waals surface area (Å²) in [5, 5.41) is 28.0. The molecule has 1 aliphatic carbocycles. The van der Waals surface area contributed by atoms with Crippen LogP contribution in [0.5, 0.6) is 0 Å². The number of rotatable bonds is 16. The van der Waals surface area contributed by atoms with Crippen molar-refractivity contribution in [2.24, 2.45) is 11.5 Å². The van der Waals surface area contributed by atoms with Crippen molar-refractivity contribution in [1.82, 2.24) is 0 Å². The molecular formula is C32H49BrN2O7Pt. The van der Waals surface area contributed by atoms with Crippen molar-refractivity contribution in [3.8, 4) is 0 Å². The van der Waals surface area contributed by atoms with E-state index < -0.39 is 11.9 Å². The van der Waals surface area contributed by atoms with Crippen LogP contribution in [0.2, 0.25) is 0 Å². The zero-order chi connectivity index (χ0) is 31.0. The first-order valence-electron chi connectivity index (χ1n) is 14.3. The number of carbonyl (C=O) groups is 3. The van der Waals surface area contributed by atoms with Crippen LogP contribution >= 0.6 is 0 Å². The van der Waals surface area contributed by atoms with E-state index in [-0.39, 0.29) is 69.3 Å². The summed E-state index contributed by atoms with van der Waals surface area (Å²) in [5.74, 6) is -4.67. The van der Waals surface area contributed by atoms with Gasteiger partial charge >= 0.3 is 27.0 Å². The largest absolute Gasteiger partial charge is 4.00 e. The van der Waals surface area contributed by atoms with E-state index in [0.29, 0.717) is 12.8 Å². The second-order valence-corrected chi connectivity index (χ2v) is 9.07. The fourth-order valence-corrected chi connectivity index (χ4v) is 3.26. The maximum absolute atomic E-state index is 11.2. The second-order valence-electron chi connectivity index (χ2n) is 9.07. The van der Waals surface area contributed by atoms with Gasteiger partial charge in [-0.25, -0.2) is 0 Å². The predicted molar refractivity (Wildman–Crippen MR) is 158 cm³/mol. The first kappa shape index (κ1) is 47.8. The topological polar surface area (TPSA) is 182 Å². The number of carboxylic acids is 2. The van der Waals surface area contributed by atoms with Gasteiger partial charge in [0.25, 0.3) is 0 Å². The summed E-state index contributed by atoms with van der Waals surface area (Å²) < 4.78 is 4.71. The van der Waals surface area contributed by atoms with Gasteiger partial charge in [0, 0.05) is 18.5 Å². The van der Waals surface area contributed by atoms with Crippen LogP contribution in [0.4, 0.5) is 0 Å². The van der Waals surface area contributed by atoms with Crippen molar-refractivity contribution < 1.29 is 72.5 Å². The SMILES string of the molecule is CC/C=C\C/C=C\C/C=C\C/C=C\C/C=C\C/C=C\CCC(=O)OCC[O-].N[C@@H]1CCCC[C@H]1N.O=C([O-])C(=O)[O-].[Br-].[Pt+4]. The number of allylic oxidation sites excluding steroid dienone is 12. The monoisotopic (exact) mass is 847 g/mol. The Morgan fingerprint density at radius 1 is 0.698 bits per heavy atom. The molecule has 43 heavy (non-hydrogen) atoms. The Balaban J connectivity index is -0.000000388. The molecular weight excluding hydrogens is 799 g/mol. The summed E-state index contributed by atoms with van der Waals surface area (Å²) in [4.78, 5) is 29.0. The van der Waals surface area contributed by atoms with Crippen molar-refractivity contribution in [1.29, 1.82) is 0 Å². The molecule has 1 saturated carbocycles.